The summed E-state index contributed by atoms with van der Waals surface area (Å²) in [4.78, 5) is 0. The number of alkyl halides is 1. The molecule has 0 N–H and O–H groups in total. The van der Waals surface area contributed by atoms with Crippen molar-refractivity contribution >= 4 is 15.9 Å². The third-order valence-electron chi connectivity index (χ3n) is 4.65. The van der Waals surface area contributed by atoms with Crippen LogP contribution in [0.15, 0.2) is 12.2 Å². The van der Waals surface area contributed by atoms with Gasteiger partial charge in [-0.15, -0.1) is 0 Å². The minimum absolute atomic E-state index is 0.641. The van der Waals surface area contributed by atoms with Crippen LogP contribution in [0.25, 0.3) is 0 Å². The lowest BCUT2D eigenvalue weighted by atomic mass is 9.49. The predicted octanol–water partition coefficient (Wildman–Crippen LogP) is 4.15. The van der Waals surface area contributed by atoms with Crippen LogP contribution in [0, 0.1) is 23.2 Å². The van der Waals surface area contributed by atoms with Crippen molar-refractivity contribution < 1.29 is 0 Å². The number of hydrogen-bond acceptors (Lipinski definition) is 0. The number of halogens is 1. The Labute approximate surface area is 95.3 Å². The van der Waals surface area contributed by atoms with Gasteiger partial charge in [0.2, 0.25) is 0 Å². The van der Waals surface area contributed by atoms with Crippen molar-refractivity contribution in [1.82, 2.24) is 0 Å². The molecule has 0 nitrogen and oxygen atoms in total. The standard InChI is InChI=1S/C13H19Br/c14-3-1-2-13-7-10-4-11(8-13)6-12(5-10)9-13/h1-2,10-12H,3-9H2/b2-1+. The zero-order valence-electron chi connectivity index (χ0n) is 8.71. The quantitative estimate of drug-likeness (QED) is 0.513. The molecule has 0 heterocycles. The van der Waals surface area contributed by atoms with Gasteiger partial charge < -0.3 is 0 Å². The smallest absolute Gasteiger partial charge is 0.0212 e. The van der Waals surface area contributed by atoms with Gasteiger partial charge in [0, 0.05) is 5.33 Å². The van der Waals surface area contributed by atoms with E-state index in [-0.39, 0.29) is 0 Å². The van der Waals surface area contributed by atoms with Gasteiger partial charge in [-0.3, -0.25) is 0 Å². The first-order chi connectivity index (χ1) is 6.80. The second kappa shape index (κ2) is 3.37. The Kier molecular flexibility index (Phi) is 2.27. The fourth-order valence-electron chi connectivity index (χ4n) is 4.68. The molecule has 0 unspecified atom stereocenters. The number of allylic oxidation sites excluding steroid dienone is 2. The molecule has 4 aliphatic rings. The molecule has 14 heavy (non-hydrogen) atoms. The van der Waals surface area contributed by atoms with Crippen molar-refractivity contribution in [3.63, 3.8) is 0 Å². The maximum absolute atomic E-state index is 3.50. The van der Waals surface area contributed by atoms with Crippen LogP contribution >= 0.6 is 15.9 Å². The van der Waals surface area contributed by atoms with Crippen LogP contribution in [0.4, 0.5) is 0 Å². The van der Waals surface area contributed by atoms with E-state index in [1.807, 2.05) is 0 Å². The normalized spacial score (nSPS) is 50.5. The molecule has 4 bridgehead atoms. The predicted molar refractivity (Wildman–Crippen MR) is 63.5 cm³/mol. The highest BCUT2D eigenvalue weighted by atomic mass is 79.9. The third kappa shape index (κ3) is 1.48. The molecular formula is C13H19Br. The summed E-state index contributed by atoms with van der Waals surface area (Å²) in [6.07, 6.45) is 14.1. The van der Waals surface area contributed by atoms with Gasteiger partial charge in [0.05, 0.1) is 0 Å². The summed E-state index contributed by atoms with van der Waals surface area (Å²) >= 11 is 3.50. The van der Waals surface area contributed by atoms with Crippen molar-refractivity contribution in [2.45, 2.75) is 38.5 Å². The maximum Gasteiger partial charge on any atom is 0.0212 e. The Bertz CT molecular complexity index is 219. The van der Waals surface area contributed by atoms with Gasteiger partial charge >= 0.3 is 0 Å². The number of rotatable bonds is 2. The molecule has 4 fully saturated rings. The molecule has 0 aliphatic heterocycles. The monoisotopic (exact) mass is 254 g/mol. The molecule has 78 valence electrons. The summed E-state index contributed by atoms with van der Waals surface area (Å²) in [5.74, 6) is 3.25. The third-order valence-corrected chi connectivity index (χ3v) is 5.02. The Morgan fingerprint density at radius 1 is 1.00 bits per heavy atom. The van der Waals surface area contributed by atoms with Crippen molar-refractivity contribution in [2.75, 3.05) is 5.33 Å². The van der Waals surface area contributed by atoms with E-state index in [1.165, 1.54) is 19.3 Å². The second-order valence-electron chi connectivity index (χ2n) is 5.84. The minimum atomic E-state index is 0.641. The fraction of sp³-hybridized carbons (Fsp3) is 0.846. The summed E-state index contributed by atoms with van der Waals surface area (Å²) in [7, 11) is 0. The van der Waals surface area contributed by atoms with E-state index >= 15 is 0 Å². The Morgan fingerprint density at radius 3 is 1.93 bits per heavy atom. The largest absolute Gasteiger partial charge is 0.0883 e. The molecular weight excluding hydrogens is 236 g/mol. The number of hydrogen-bond donors (Lipinski definition) is 0. The molecule has 0 atom stereocenters. The van der Waals surface area contributed by atoms with Crippen molar-refractivity contribution in [1.29, 1.82) is 0 Å². The van der Waals surface area contributed by atoms with Crippen molar-refractivity contribution in [3.8, 4) is 0 Å². The molecule has 4 aliphatic carbocycles. The highest BCUT2D eigenvalue weighted by Crippen LogP contribution is 2.60. The molecule has 0 radical (unpaired) electrons. The van der Waals surface area contributed by atoms with E-state index in [0.717, 1.165) is 23.1 Å². The zero-order valence-corrected chi connectivity index (χ0v) is 10.3. The first-order valence-electron chi connectivity index (χ1n) is 6.03. The summed E-state index contributed by atoms with van der Waals surface area (Å²) in [6.45, 7) is 0. The Hall–Kier alpha value is 0.220. The maximum atomic E-state index is 3.50. The molecule has 1 heteroatoms. The lowest BCUT2D eigenvalue weighted by Crippen LogP contribution is -2.44. The van der Waals surface area contributed by atoms with Crippen LogP contribution in [0.1, 0.15) is 38.5 Å². The van der Waals surface area contributed by atoms with Crippen molar-refractivity contribution in [2.24, 2.45) is 23.2 Å². The lowest BCUT2D eigenvalue weighted by Gasteiger charge is -2.55. The van der Waals surface area contributed by atoms with Crippen LogP contribution in [0.5, 0.6) is 0 Å². The van der Waals surface area contributed by atoms with Gasteiger partial charge in [0.25, 0.3) is 0 Å². The summed E-state index contributed by atoms with van der Waals surface area (Å²) in [6, 6.07) is 0. The molecule has 0 aromatic carbocycles. The van der Waals surface area contributed by atoms with E-state index in [9.17, 15) is 0 Å². The van der Waals surface area contributed by atoms with E-state index < -0.39 is 0 Å². The summed E-state index contributed by atoms with van der Waals surface area (Å²) in [5.41, 5.74) is 0.641. The van der Waals surface area contributed by atoms with Crippen LogP contribution in [0.3, 0.4) is 0 Å². The van der Waals surface area contributed by atoms with Gasteiger partial charge in [0.1, 0.15) is 0 Å². The summed E-state index contributed by atoms with van der Waals surface area (Å²) < 4.78 is 0. The van der Waals surface area contributed by atoms with E-state index in [1.54, 1.807) is 19.3 Å². The highest BCUT2D eigenvalue weighted by Gasteiger charge is 2.49. The van der Waals surface area contributed by atoms with Gasteiger partial charge in [-0.1, -0.05) is 28.1 Å². The molecule has 0 aromatic heterocycles. The van der Waals surface area contributed by atoms with Gasteiger partial charge in [-0.2, -0.15) is 0 Å². The molecule has 4 saturated carbocycles. The Balaban J connectivity index is 1.84. The van der Waals surface area contributed by atoms with Crippen LogP contribution in [-0.2, 0) is 0 Å². The molecule has 0 spiro atoms. The van der Waals surface area contributed by atoms with Crippen LogP contribution in [0.2, 0.25) is 0 Å². The SMILES string of the molecule is BrC/C=C/C12CC3CC(CC(C3)C1)C2. The molecule has 0 amide bonds. The molecule has 0 saturated heterocycles. The van der Waals surface area contributed by atoms with Gasteiger partial charge in [-0.05, 0) is 61.7 Å². The first kappa shape index (κ1) is 9.45. The fourth-order valence-corrected chi connectivity index (χ4v) is 4.86. The lowest BCUT2D eigenvalue weighted by molar-refractivity contribution is -0.0237. The minimum Gasteiger partial charge on any atom is -0.0883 e. The zero-order chi connectivity index (χ0) is 9.60. The van der Waals surface area contributed by atoms with E-state index in [0.29, 0.717) is 5.41 Å². The van der Waals surface area contributed by atoms with Crippen LogP contribution < -0.4 is 0 Å². The Morgan fingerprint density at radius 2 is 1.50 bits per heavy atom. The first-order valence-corrected chi connectivity index (χ1v) is 7.15. The second-order valence-corrected chi connectivity index (χ2v) is 6.48. The van der Waals surface area contributed by atoms with Gasteiger partial charge in [-0.25, -0.2) is 0 Å². The summed E-state index contributed by atoms with van der Waals surface area (Å²) in [5, 5.41) is 1.04. The van der Waals surface area contributed by atoms with E-state index in [2.05, 4.69) is 28.1 Å². The average Bonchev–Trinajstić information content (AvgIpc) is 2.12. The van der Waals surface area contributed by atoms with E-state index in [4.69, 9.17) is 0 Å². The van der Waals surface area contributed by atoms with Gasteiger partial charge in [0.15, 0.2) is 0 Å². The highest BCUT2D eigenvalue weighted by molar-refractivity contribution is 9.09. The average molecular weight is 255 g/mol. The van der Waals surface area contributed by atoms with Crippen LogP contribution in [-0.4, -0.2) is 5.33 Å². The molecule has 0 aromatic rings. The topological polar surface area (TPSA) is 0 Å². The van der Waals surface area contributed by atoms with Crippen molar-refractivity contribution in [3.05, 3.63) is 12.2 Å². The molecule has 4 rings (SSSR count).